The number of benzene rings is 2. The fraction of sp³-hybridized carbons (Fsp3) is 0.133. The molecule has 2 rings (SSSR count). The Labute approximate surface area is 124 Å². The number of rotatable bonds is 4. The third kappa shape index (κ3) is 2.67. The molecule has 2 aromatic carbocycles. The molecule has 0 aliphatic heterocycles. The number of carbonyl (C=O) groups excluding carboxylic acids is 1. The van der Waals surface area contributed by atoms with Crippen molar-refractivity contribution in [1.29, 1.82) is 0 Å². The fourth-order valence-electron chi connectivity index (χ4n) is 1.81. The smallest absolute Gasteiger partial charge is 0.196 e. The van der Waals surface area contributed by atoms with Gasteiger partial charge < -0.3 is 9.47 Å². The first-order valence-electron chi connectivity index (χ1n) is 5.79. The van der Waals surface area contributed by atoms with Crippen LogP contribution in [0.3, 0.4) is 0 Å². The zero-order valence-electron chi connectivity index (χ0n) is 10.9. The molecule has 0 bridgehead atoms. The largest absolute Gasteiger partial charge is 0.496 e. The van der Waals surface area contributed by atoms with Crippen molar-refractivity contribution in [2.75, 3.05) is 14.2 Å². The monoisotopic (exact) mass is 338 g/mol. The minimum Gasteiger partial charge on any atom is -0.496 e. The van der Waals surface area contributed by atoms with E-state index in [1.165, 1.54) is 26.4 Å². The summed E-state index contributed by atoms with van der Waals surface area (Å²) in [4.78, 5) is 12.3. The molecule has 0 N–H and O–H groups in total. The third-order valence-corrected chi connectivity index (χ3v) is 3.46. The Balaban J connectivity index is 2.44. The van der Waals surface area contributed by atoms with Crippen LogP contribution in [0, 0.1) is 5.82 Å². The Morgan fingerprint density at radius 1 is 1.10 bits per heavy atom. The van der Waals surface area contributed by atoms with E-state index in [-0.39, 0.29) is 11.3 Å². The summed E-state index contributed by atoms with van der Waals surface area (Å²) < 4.78 is 24.7. The van der Waals surface area contributed by atoms with E-state index >= 15 is 0 Å². The Morgan fingerprint density at radius 2 is 1.80 bits per heavy atom. The number of methoxy groups -OCH3 is 2. The van der Waals surface area contributed by atoms with Gasteiger partial charge in [0.2, 0.25) is 0 Å². The van der Waals surface area contributed by atoms with Gasteiger partial charge in [-0.15, -0.1) is 0 Å². The lowest BCUT2D eigenvalue weighted by atomic mass is 10.0. The maximum absolute atomic E-state index is 14.1. The number of carbonyl (C=O) groups is 1. The van der Waals surface area contributed by atoms with E-state index < -0.39 is 11.6 Å². The summed E-state index contributed by atoms with van der Waals surface area (Å²) in [6, 6.07) is 9.31. The lowest BCUT2D eigenvalue weighted by molar-refractivity contribution is 0.103. The normalized spacial score (nSPS) is 10.2. The Bertz CT molecular complexity index is 656. The molecule has 0 saturated carbocycles. The van der Waals surface area contributed by atoms with Crippen molar-refractivity contribution in [1.82, 2.24) is 0 Å². The summed E-state index contributed by atoms with van der Waals surface area (Å²) in [7, 11) is 2.89. The molecule has 0 aliphatic rings. The number of hydrogen-bond donors (Lipinski definition) is 0. The molecule has 0 atom stereocenters. The minimum atomic E-state index is -0.660. The van der Waals surface area contributed by atoms with Gasteiger partial charge in [-0.25, -0.2) is 4.39 Å². The van der Waals surface area contributed by atoms with E-state index in [1.54, 1.807) is 24.3 Å². The van der Waals surface area contributed by atoms with Crippen LogP contribution >= 0.6 is 15.9 Å². The lowest BCUT2D eigenvalue weighted by Crippen LogP contribution is -2.05. The third-order valence-electron chi connectivity index (χ3n) is 2.84. The van der Waals surface area contributed by atoms with Crippen LogP contribution in [0.25, 0.3) is 0 Å². The Kier molecular flexibility index (Phi) is 4.39. The van der Waals surface area contributed by atoms with Gasteiger partial charge in [-0.2, -0.15) is 0 Å². The lowest BCUT2D eigenvalue weighted by Gasteiger charge is -2.08. The average molecular weight is 339 g/mol. The summed E-state index contributed by atoms with van der Waals surface area (Å²) >= 11 is 3.30. The highest BCUT2D eigenvalue weighted by atomic mass is 79.9. The van der Waals surface area contributed by atoms with Crippen molar-refractivity contribution in [3.05, 3.63) is 57.8 Å². The van der Waals surface area contributed by atoms with Crippen molar-refractivity contribution < 1.29 is 18.7 Å². The van der Waals surface area contributed by atoms with Crippen LogP contribution in [0.5, 0.6) is 11.5 Å². The average Bonchev–Trinajstić information content (AvgIpc) is 2.46. The highest BCUT2D eigenvalue weighted by molar-refractivity contribution is 9.10. The van der Waals surface area contributed by atoms with Gasteiger partial charge in [-0.05, 0) is 46.3 Å². The van der Waals surface area contributed by atoms with Crippen LogP contribution in [0.2, 0.25) is 0 Å². The maximum Gasteiger partial charge on any atom is 0.196 e. The zero-order valence-corrected chi connectivity index (χ0v) is 12.5. The van der Waals surface area contributed by atoms with E-state index in [4.69, 9.17) is 9.47 Å². The molecule has 104 valence electrons. The summed E-state index contributed by atoms with van der Waals surface area (Å²) in [5, 5.41) is 0. The highest BCUT2D eigenvalue weighted by Gasteiger charge is 2.18. The first-order chi connectivity index (χ1) is 9.58. The number of hydrogen-bond acceptors (Lipinski definition) is 3. The van der Waals surface area contributed by atoms with E-state index in [0.29, 0.717) is 15.8 Å². The van der Waals surface area contributed by atoms with Crippen LogP contribution in [0.15, 0.2) is 40.9 Å². The second-order valence-electron chi connectivity index (χ2n) is 4.00. The second-order valence-corrected chi connectivity index (χ2v) is 4.85. The van der Waals surface area contributed by atoms with Gasteiger partial charge in [0.05, 0.1) is 24.3 Å². The molecule has 0 heterocycles. The molecule has 0 amide bonds. The van der Waals surface area contributed by atoms with Crippen LogP contribution in [-0.4, -0.2) is 20.0 Å². The molecule has 0 saturated heterocycles. The van der Waals surface area contributed by atoms with Crippen molar-refractivity contribution in [3.8, 4) is 11.5 Å². The van der Waals surface area contributed by atoms with E-state index in [9.17, 15) is 9.18 Å². The van der Waals surface area contributed by atoms with E-state index in [1.807, 2.05) is 0 Å². The van der Waals surface area contributed by atoms with Crippen molar-refractivity contribution in [3.63, 3.8) is 0 Å². The van der Waals surface area contributed by atoms with E-state index in [2.05, 4.69) is 15.9 Å². The van der Waals surface area contributed by atoms with Crippen LogP contribution in [0.4, 0.5) is 4.39 Å². The Morgan fingerprint density at radius 3 is 2.40 bits per heavy atom. The van der Waals surface area contributed by atoms with Gasteiger partial charge in [0.15, 0.2) is 17.3 Å². The SMILES string of the molecule is COc1ccc(C(=O)c2cccc(OC)c2F)cc1Br. The summed E-state index contributed by atoms with van der Waals surface area (Å²) in [6.07, 6.45) is 0. The quantitative estimate of drug-likeness (QED) is 0.794. The maximum atomic E-state index is 14.1. The standard InChI is InChI=1S/C15H12BrFO3/c1-19-12-7-6-9(8-11(12)16)15(18)10-4-3-5-13(20-2)14(10)17/h3-8H,1-2H3. The summed E-state index contributed by atoms with van der Waals surface area (Å²) in [6.45, 7) is 0. The molecule has 5 heteroatoms. The Hall–Kier alpha value is -1.88. The minimum absolute atomic E-state index is 0.0265. The van der Waals surface area contributed by atoms with Crippen molar-refractivity contribution in [2.45, 2.75) is 0 Å². The molecule has 2 aromatic rings. The topological polar surface area (TPSA) is 35.5 Å². The van der Waals surface area contributed by atoms with Gasteiger partial charge in [0.1, 0.15) is 5.75 Å². The summed E-state index contributed by atoms with van der Waals surface area (Å²) in [5.41, 5.74) is 0.339. The van der Waals surface area contributed by atoms with Crippen LogP contribution in [-0.2, 0) is 0 Å². The number of ketones is 1. The zero-order chi connectivity index (χ0) is 14.7. The molecule has 20 heavy (non-hydrogen) atoms. The molecule has 0 aromatic heterocycles. The van der Waals surface area contributed by atoms with Gasteiger partial charge in [-0.3, -0.25) is 4.79 Å². The molecule has 3 nitrogen and oxygen atoms in total. The van der Waals surface area contributed by atoms with Gasteiger partial charge >= 0.3 is 0 Å². The first-order valence-corrected chi connectivity index (χ1v) is 6.58. The molecule has 0 aliphatic carbocycles. The van der Waals surface area contributed by atoms with Crippen molar-refractivity contribution in [2.24, 2.45) is 0 Å². The molecule has 0 fully saturated rings. The first kappa shape index (κ1) is 14.5. The number of halogens is 2. The molecular weight excluding hydrogens is 327 g/mol. The molecule has 0 radical (unpaired) electrons. The molecule has 0 unspecified atom stereocenters. The van der Waals surface area contributed by atoms with Gasteiger partial charge in [0.25, 0.3) is 0 Å². The number of ether oxygens (including phenoxy) is 2. The van der Waals surface area contributed by atoms with E-state index in [0.717, 1.165) is 0 Å². The van der Waals surface area contributed by atoms with Crippen LogP contribution < -0.4 is 9.47 Å². The molecule has 0 spiro atoms. The summed E-state index contributed by atoms with van der Waals surface area (Å²) in [5.74, 6) is -0.423. The van der Waals surface area contributed by atoms with Crippen LogP contribution in [0.1, 0.15) is 15.9 Å². The molecular formula is C15H12BrFO3. The predicted octanol–water partition coefficient (Wildman–Crippen LogP) is 3.84. The van der Waals surface area contributed by atoms with Gasteiger partial charge in [0, 0.05) is 5.56 Å². The van der Waals surface area contributed by atoms with Gasteiger partial charge in [-0.1, -0.05) is 6.07 Å². The van der Waals surface area contributed by atoms with Crippen molar-refractivity contribution >= 4 is 21.7 Å². The fourth-order valence-corrected chi connectivity index (χ4v) is 2.35. The highest BCUT2D eigenvalue weighted by Crippen LogP contribution is 2.28. The predicted molar refractivity (Wildman–Crippen MR) is 77.1 cm³/mol. The second kappa shape index (κ2) is 6.05.